The fraction of sp³-hybridized carbons (Fsp3) is 0.263. The number of carbonyl (C=O) groups is 2. The molecule has 0 radical (unpaired) electrons. The van der Waals surface area contributed by atoms with Gasteiger partial charge in [-0.2, -0.15) is 0 Å². The van der Waals surface area contributed by atoms with Gasteiger partial charge in [-0.15, -0.1) is 0 Å². The fourth-order valence-corrected chi connectivity index (χ4v) is 4.34. The van der Waals surface area contributed by atoms with E-state index in [4.69, 9.17) is 4.74 Å². The zero-order valence-electron chi connectivity index (χ0n) is 15.0. The number of nitrogens with zero attached hydrogens (tertiary/aromatic N) is 1. The van der Waals surface area contributed by atoms with Crippen LogP contribution in [0.2, 0.25) is 0 Å². The second kappa shape index (κ2) is 7.40. The number of benzene rings is 2. The third-order valence-corrected chi connectivity index (χ3v) is 5.98. The van der Waals surface area contributed by atoms with Crippen molar-refractivity contribution in [1.82, 2.24) is 9.62 Å². The summed E-state index contributed by atoms with van der Waals surface area (Å²) >= 11 is 0. The third-order valence-electron chi connectivity index (χ3n) is 4.19. The van der Waals surface area contributed by atoms with Gasteiger partial charge in [0.1, 0.15) is 23.8 Å². The molecule has 0 saturated heterocycles. The van der Waals surface area contributed by atoms with Crippen molar-refractivity contribution in [2.45, 2.75) is 24.8 Å². The van der Waals surface area contributed by atoms with Crippen molar-refractivity contribution in [3.8, 4) is 5.75 Å². The molecule has 1 heterocycles. The van der Waals surface area contributed by atoms with Crippen molar-refractivity contribution in [1.29, 1.82) is 0 Å². The van der Waals surface area contributed by atoms with Gasteiger partial charge in [0.15, 0.2) is 0 Å². The number of para-hydroxylation sites is 1. The minimum Gasteiger partial charge on any atom is -0.491 e. The summed E-state index contributed by atoms with van der Waals surface area (Å²) in [5.74, 6) is -0.545. The molecule has 0 bridgehead atoms. The van der Waals surface area contributed by atoms with Crippen molar-refractivity contribution >= 4 is 21.8 Å². The van der Waals surface area contributed by atoms with Crippen LogP contribution >= 0.6 is 0 Å². The van der Waals surface area contributed by atoms with Gasteiger partial charge in [-0.3, -0.25) is 9.59 Å². The van der Waals surface area contributed by atoms with E-state index < -0.39 is 28.4 Å². The van der Waals surface area contributed by atoms with E-state index in [-0.39, 0.29) is 23.1 Å². The predicted octanol–water partition coefficient (Wildman–Crippen LogP) is 1.72. The van der Waals surface area contributed by atoms with E-state index in [0.29, 0.717) is 10.1 Å². The van der Waals surface area contributed by atoms with Crippen LogP contribution in [0.3, 0.4) is 0 Å². The average molecular weight is 388 g/mol. The van der Waals surface area contributed by atoms with Gasteiger partial charge in [0, 0.05) is 0 Å². The molecule has 0 unspecified atom stereocenters. The van der Waals surface area contributed by atoms with Gasteiger partial charge in [-0.1, -0.05) is 30.3 Å². The normalized spacial score (nSPS) is 15.9. The Hall–Kier alpha value is -2.87. The molecule has 3 rings (SSSR count). The largest absolute Gasteiger partial charge is 0.491 e. The van der Waals surface area contributed by atoms with Crippen LogP contribution in [0.1, 0.15) is 22.8 Å². The topological polar surface area (TPSA) is 92.8 Å². The first kappa shape index (κ1) is 18.9. The first-order valence-corrected chi connectivity index (χ1v) is 9.88. The van der Waals surface area contributed by atoms with Crippen molar-refractivity contribution < 1.29 is 22.7 Å². The Morgan fingerprint density at radius 3 is 2.52 bits per heavy atom. The lowest BCUT2D eigenvalue weighted by Gasteiger charge is -2.19. The van der Waals surface area contributed by atoms with E-state index in [2.05, 4.69) is 5.32 Å². The van der Waals surface area contributed by atoms with Gasteiger partial charge < -0.3 is 10.1 Å². The molecule has 142 valence electrons. The maximum absolute atomic E-state index is 12.5. The van der Waals surface area contributed by atoms with Gasteiger partial charge in [0.25, 0.3) is 15.9 Å². The quantitative estimate of drug-likeness (QED) is 0.813. The summed E-state index contributed by atoms with van der Waals surface area (Å²) in [7, 11) is -4.00. The molecule has 2 aromatic carbocycles. The number of rotatable bonds is 6. The number of amides is 2. The molecule has 0 aromatic heterocycles. The van der Waals surface area contributed by atoms with Crippen LogP contribution in [0.25, 0.3) is 0 Å². The van der Waals surface area contributed by atoms with E-state index in [9.17, 15) is 18.0 Å². The van der Waals surface area contributed by atoms with Crippen molar-refractivity contribution in [2.24, 2.45) is 0 Å². The highest BCUT2D eigenvalue weighted by Crippen LogP contribution is 2.29. The van der Waals surface area contributed by atoms with Gasteiger partial charge in [-0.25, -0.2) is 12.7 Å². The Kier molecular flexibility index (Phi) is 5.18. The van der Waals surface area contributed by atoms with Crippen molar-refractivity contribution in [3.05, 3.63) is 59.7 Å². The molecule has 2 amide bonds. The third kappa shape index (κ3) is 3.80. The zero-order chi connectivity index (χ0) is 19.6. The highest BCUT2D eigenvalue weighted by Gasteiger charge is 2.41. The number of nitrogens with one attached hydrogen (secondary N) is 1. The Labute approximate surface area is 158 Å². The zero-order valence-corrected chi connectivity index (χ0v) is 15.8. The minimum absolute atomic E-state index is 0.0706. The summed E-state index contributed by atoms with van der Waals surface area (Å²) in [6.07, 6.45) is 0. The highest BCUT2D eigenvalue weighted by atomic mass is 32.2. The molecule has 1 aliphatic heterocycles. The van der Waals surface area contributed by atoms with E-state index in [1.165, 1.54) is 18.2 Å². The van der Waals surface area contributed by atoms with Crippen molar-refractivity contribution in [2.75, 3.05) is 13.2 Å². The molecule has 0 aliphatic carbocycles. The molecule has 0 spiro atoms. The molecule has 0 saturated carbocycles. The lowest BCUT2D eigenvalue weighted by Crippen LogP contribution is -2.44. The molecule has 1 N–H and O–H groups in total. The monoisotopic (exact) mass is 388 g/mol. The average Bonchev–Trinajstić information content (AvgIpc) is 2.82. The number of hydrogen-bond acceptors (Lipinski definition) is 5. The Bertz CT molecular complexity index is 987. The molecule has 0 fully saturated rings. The number of hydrogen-bond donors (Lipinski definition) is 1. The van der Waals surface area contributed by atoms with E-state index >= 15 is 0 Å². The lowest BCUT2D eigenvalue weighted by atomic mass is 10.2. The highest BCUT2D eigenvalue weighted by molar-refractivity contribution is 7.90. The summed E-state index contributed by atoms with van der Waals surface area (Å²) in [6, 6.07) is 13.1. The number of carbonyl (C=O) groups excluding carboxylic acids is 2. The van der Waals surface area contributed by atoms with Crippen LogP contribution in [0.5, 0.6) is 5.75 Å². The molecule has 27 heavy (non-hydrogen) atoms. The lowest BCUT2D eigenvalue weighted by molar-refractivity contribution is -0.121. The van der Waals surface area contributed by atoms with Crippen LogP contribution < -0.4 is 10.1 Å². The summed E-state index contributed by atoms with van der Waals surface area (Å²) in [4.78, 5) is 24.5. The summed E-state index contributed by atoms with van der Waals surface area (Å²) in [5, 5.41) is 2.66. The predicted molar refractivity (Wildman–Crippen MR) is 98.9 cm³/mol. The Morgan fingerprint density at radius 2 is 1.81 bits per heavy atom. The second-order valence-electron chi connectivity index (χ2n) is 6.36. The molecule has 7 nitrogen and oxygen atoms in total. The van der Waals surface area contributed by atoms with Crippen LogP contribution in [0.15, 0.2) is 53.4 Å². The summed E-state index contributed by atoms with van der Waals surface area (Å²) in [6.45, 7) is 3.31. The Balaban J connectivity index is 1.60. The maximum Gasteiger partial charge on any atom is 0.269 e. The second-order valence-corrected chi connectivity index (χ2v) is 8.19. The molecular formula is C19H20N2O5S. The molecule has 2 aromatic rings. The van der Waals surface area contributed by atoms with E-state index in [1.807, 2.05) is 31.2 Å². The van der Waals surface area contributed by atoms with Crippen LogP contribution in [-0.4, -0.2) is 43.7 Å². The van der Waals surface area contributed by atoms with Gasteiger partial charge >= 0.3 is 0 Å². The smallest absolute Gasteiger partial charge is 0.269 e. The van der Waals surface area contributed by atoms with Crippen LogP contribution in [-0.2, 0) is 14.8 Å². The van der Waals surface area contributed by atoms with E-state index in [1.54, 1.807) is 13.0 Å². The first-order chi connectivity index (χ1) is 12.8. The molecule has 8 heteroatoms. The fourth-order valence-electron chi connectivity index (χ4n) is 2.81. The van der Waals surface area contributed by atoms with Crippen LogP contribution in [0, 0.1) is 6.92 Å². The van der Waals surface area contributed by atoms with E-state index in [0.717, 1.165) is 5.56 Å². The number of ether oxygens (including phenoxy) is 1. The van der Waals surface area contributed by atoms with Crippen molar-refractivity contribution in [3.63, 3.8) is 0 Å². The number of aryl methyl sites for hydroxylation is 1. The number of fused-ring (bicyclic) bond motifs is 1. The van der Waals surface area contributed by atoms with Gasteiger partial charge in [0.05, 0.1) is 11.6 Å². The molecule has 1 aliphatic rings. The SMILES string of the molecule is Cc1ccccc1OC[C@H](C)NC(=O)CN1C(=O)c2ccccc2S1(=O)=O. The van der Waals surface area contributed by atoms with Gasteiger partial charge in [0.2, 0.25) is 5.91 Å². The Morgan fingerprint density at radius 1 is 1.15 bits per heavy atom. The minimum atomic E-state index is -4.00. The standard InChI is InChI=1S/C19H20N2O5S/c1-13-7-3-5-9-16(13)26-12-14(2)20-18(22)11-21-19(23)15-8-4-6-10-17(15)27(21,24)25/h3-10,14H,11-12H2,1-2H3,(H,20,22)/t14-/m0/s1. The number of sulfonamides is 1. The first-order valence-electron chi connectivity index (χ1n) is 8.44. The summed E-state index contributed by atoms with van der Waals surface area (Å²) < 4.78 is 31.2. The molecule has 1 atom stereocenters. The van der Waals surface area contributed by atoms with Crippen LogP contribution in [0.4, 0.5) is 0 Å². The summed E-state index contributed by atoms with van der Waals surface area (Å²) in [5.41, 5.74) is 1.06. The maximum atomic E-state index is 12.5. The molecular weight excluding hydrogens is 368 g/mol. The van der Waals surface area contributed by atoms with Gasteiger partial charge in [-0.05, 0) is 37.6 Å².